The van der Waals surface area contributed by atoms with E-state index in [-0.39, 0.29) is 17.2 Å². The van der Waals surface area contributed by atoms with Gasteiger partial charge in [0.05, 0.1) is 11.2 Å². The van der Waals surface area contributed by atoms with E-state index in [1.54, 1.807) is 0 Å². The Labute approximate surface area is 129 Å². The van der Waals surface area contributed by atoms with Crippen LogP contribution in [0.5, 0.6) is 0 Å². The maximum Gasteiger partial charge on any atom is 0.269 e. The summed E-state index contributed by atoms with van der Waals surface area (Å²) in [5, 5.41) is 13.5. The first kappa shape index (κ1) is 14.4. The molecule has 4 nitrogen and oxygen atoms in total. The molecule has 4 heteroatoms. The Kier molecular flexibility index (Phi) is 3.47. The van der Waals surface area contributed by atoms with Gasteiger partial charge in [0.25, 0.3) is 5.91 Å². The molecule has 1 saturated heterocycles. The number of nitrogens with one attached hydrogen (secondary N) is 1. The van der Waals surface area contributed by atoms with Crippen molar-refractivity contribution in [2.75, 3.05) is 5.01 Å². The molecule has 1 aliphatic rings. The van der Waals surface area contributed by atoms with Gasteiger partial charge in [-0.25, -0.2) is 10.4 Å². The molecule has 2 aromatic carbocycles. The summed E-state index contributed by atoms with van der Waals surface area (Å²) in [7, 11) is 0. The van der Waals surface area contributed by atoms with E-state index >= 15 is 0 Å². The Morgan fingerprint density at radius 2 is 1.59 bits per heavy atom. The molecule has 0 radical (unpaired) electrons. The Bertz CT molecular complexity index is 721. The van der Waals surface area contributed by atoms with E-state index in [0.717, 1.165) is 5.56 Å². The van der Waals surface area contributed by atoms with Crippen molar-refractivity contribution in [2.45, 2.75) is 19.4 Å². The van der Waals surface area contributed by atoms with Gasteiger partial charge in [0.15, 0.2) is 0 Å². The first-order chi connectivity index (χ1) is 10.5. The van der Waals surface area contributed by atoms with Crippen LogP contribution in [0.3, 0.4) is 0 Å². The van der Waals surface area contributed by atoms with E-state index in [1.165, 1.54) is 11.9 Å². The lowest BCUT2D eigenvalue weighted by Gasteiger charge is -2.28. The minimum atomic E-state index is -0.833. The Morgan fingerprint density at radius 1 is 1.05 bits per heavy atom. The third kappa shape index (κ3) is 2.18. The molecule has 0 aromatic heterocycles. The van der Waals surface area contributed by atoms with Crippen molar-refractivity contribution >= 4 is 11.6 Å². The largest absolute Gasteiger partial charge is 0.875 e. The predicted octanol–water partition coefficient (Wildman–Crippen LogP) is 2.09. The highest BCUT2D eigenvalue weighted by atomic mass is 16.3. The number of hydrogen-bond acceptors (Lipinski definition) is 3. The Hall–Kier alpha value is -2.59. The molecule has 3 rings (SSSR count). The number of anilines is 1. The number of para-hydroxylation sites is 1. The van der Waals surface area contributed by atoms with Crippen LogP contribution in [0, 0.1) is 0 Å². The molecule has 2 aromatic rings. The monoisotopic (exact) mass is 293 g/mol. The molecule has 1 atom stereocenters. The van der Waals surface area contributed by atoms with Gasteiger partial charge in [-0.05, 0) is 24.6 Å². The average Bonchev–Trinajstić information content (AvgIpc) is 2.81. The molecule has 112 valence electrons. The number of carbonyl (C=O) groups excluding carboxylic acids is 1. The van der Waals surface area contributed by atoms with Gasteiger partial charge in [-0.15, -0.1) is 5.76 Å². The van der Waals surface area contributed by atoms with Crippen molar-refractivity contribution < 1.29 is 9.90 Å². The lowest BCUT2D eigenvalue weighted by atomic mass is 9.85. The number of benzene rings is 2. The van der Waals surface area contributed by atoms with Crippen molar-refractivity contribution in [3.63, 3.8) is 0 Å². The molecule has 1 unspecified atom stereocenters. The molecular formula is C18H17N2O2-. The maximum atomic E-state index is 12.7. The van der Waals surface area contributed by atoms with Crippen LogP contribution in [0.2, 0.25) is 0 Å². The Balaban J connectivity index is 2.12. The molecule has 0 saturated carbocycles. The number of amides is 1. The maximum absolute atomic E-state index is 12.7. The highest BCUT2D eigenvalue weighted by molar-refractivity contribution is 6.09. The van der Waals surface area contributed by atoms with Gasteiger partial charge in [-0.1, -0.05) is 55.5 Å². The van der Waals surface area contributed by atoms with Crippen molar-refractivity contribution in [2.24, 2.45) is 0 Å². The quantitative estimate of drug-likeness (QED) is 0.681. The number of allylic oxidation sites excluding steroid dienone is 1. The van der Waals surface area contributed by atoms with E-state index in [2.05, 4.69) is 5.43 Å². The smallest absolute Gasteiger partial charge is 0.269 e. The van der Waals surface area contributed by atoms with E-state index < -0.39 is 5.54 Å². The van der Waals surface area contributed by atoms with Crippen molar-refractivity contribution in [3.05, 3.63) is 77.6 Å². The number of nitrogens with zero attached hydrogens (tertiary/aromatic N) is 1. The third-order valence-corrected chi connectivity index (χ3v) is 3.97. The number of hydrogen-bond donors (Lipinski definition) is 1. The molecular weight excluding hydrogens is 276 g/mol. The topological polar surface area (TPSA) is 55.4 Å². The second-order valence-corrected chi connectivity index (χ2v) is 5.51. The van der Waals surface area contributed by atoms with E-state index in [4.69, 9.17) is 0 Å². The normalized spacial score (nSPS) is 23.7. The van der Waals surface area contributed by atoms with Gasteiger partial charge in [-0.2, -0.15) is 0 Å². The summed E-state index contributed by atoms with van der Waals surface area (Å²) in [5.74, 6) is -0.521. The molecule has 0 aliphatic carbocycles. The molecule has 1 amide bonds. The van der Waals surface area contributed by atoms with Crippen LogP contribution in [0.4, 0.5) is 5.69 Å². The first-order valence-corrected chi connectivity index (χ1v) is 7.15. The molecule has 0 bridgehead atoms. The molecule has 1 fully saturated rings. The molecule has 1 N–H and O–H groups in total. The average molecular weight is 293 g/mol. The predicted molar refractivity (Wildman–Crippen MR) is 83.6 cm³/mol. The fourth-order valence-electron chi connectivity index (χ4n) is 2.90. The summed E-state index contributed by atoms with van der Waals surface area (Å²) in [4.78, 5) is 12.7. The second kappa shape index (κ2) is 5.31. The molecule has 1 heterocycles. The van der Waals surface area contributed by atoms with Crippen LogP contribution >= 0.6 is 0 Å². The zero-order valence-corrected chi connectivity index (χ0v) is 12.5. The fourth-order valence-corrected chi connectivity index (χ4v) is 2.90. The summed E-state index contributed by atoms with van der Waals surface area (Å²) < 4.78 is 0. The summed E-state index contributed by atoms with van der Waals surface area (Å²) in [6, 6.07) is 18.8. The van der Waals surface area contributed by atoms with Crippen molar-refractivity contribution in [1.82, 2.24) is 5.43 Å². The third-order valence-electron chi connectivity index (χ3n) is 3.97. The van der Waals surface area contributed by atoms with Crippen LogP contribution < -0.4 is 15.5 Å². The van der Waals surface area contributed by atoms with Crippen LogP contribution in [0.15, 0.2) is 72.0 Å². The number of carbonyl (C=O) groups is 1. The standard InChI is InChI=1S/C18H18N2O2/c1-13(21)16-17(22)20(15-11-7-4-8-12-15)19-18(16,2)14-9-5-3-6-10-14/h3-12,19,21H,1-2H3/p-1/b16-13+. The zero-order chi connectivity index (χ0) is 15.7. The van der Waals surface area contributed by atoms with Gasteiger partial charge >= 0.3 is 0 Å². The minimum Gasteiger partial charge on any atom is -0.875 e. The van der Waals surface area contributed by atoms with Crippen molar-refractivity contribution in [3.8, 4) is 0 Å². The summed E-state index contributed by atoms with van der Waals surface area (Å²) in [5.41, 5.74) is 4.22. The van der Waals surface area contributed by atoms with Crippen LogP contribution in [-0.4, -0.2) is 5.91 Å². The minimum absolute atomic E-state index is 0.220. The molecule has 22 heavy (non-hydrogen) atoms. The van der Waals surface area contributed by atoms with E-state index in [9.17, 15) is 9.90 Å². The first-order valence-electron chi connectivity index (χ1n) is 7.15. The molecule has 0 spiro atoms. The SMILES string of the molecule is C/C([O-])=C1/C(=O)N(c2ccccc2)NC1(C)c1ccccc1. The van der Waals surface area contributed by atoms with Gasteiger partial charge in [0.1, 0.15) is 0 Å². The van der Waals surface area contributed by atoms with Gasteiger partial charge in [-0.3, -0.25) is 4.79 Å². The van der Waals surface area contributed by atoms with Crippen LogP contribution in [0.1, 0.15) is 19.4 Å². The van der Waals surface area contributed by atoms with E-state index in [0.29, 0.717) is 5.69 Å². The number of hydrazine groups is 1. The highest BCUT2D eigenvalue weighted by Crippen LogP contribution is 2.38. The zero-order valence-electron chi connectivity index (χ0n) is 12.5. The molecule has 1 aliphatic heterocycles. The highest BCUT2D eigenvalue weighted by Gasteiger charge is 2.45. The summed E-state index contributed by atoms with van der Waals surface area (Å²) in [6.45, 7) is 3.30. The fraction of sp³-hybridized carbons (Fsp3) is 0.167. The van der Waals surface area contributed by atoms with Gasteiger partial charge < -0.3 is 5.11 Å². The van der Waals surface area contributed by atoms with E-state index in [1.807, 2.05) is 67.6 Å². The van der Waals surface area contributed by atoms with Gasteiger partial charge in [0, 0.05) is 5.57 Å². The Morgan fingerprint density at radius 3 is 2.14 bits per heavy atom. The summed E-state index contributed by atoms with van der Waals surface area (Å²) in [6.07, 6.45) is 0. The van der Waals surface area contributed by atoms with Crippen LogP contribution in [-0.2, 0) is 10.3 Å². The number of rotatable bonds is 2. The summed E-state index contributed by atoms with van der Waals surface area (Å²) >= 11 is 0. The lowest BCUT2D eigenvalue weighted by molar-refractivity contribution is -0.303. The van der Waals surface area contributed by atoms with Crippen LogP contribution in [0.25, 0.3) is 0 Å². The van der Waals surface area contributed by atoms with Crippen molar-refractivity contribution in [1.29, 1.82) is 0 Å². The van der Waals surface area contributed by atoms with Gasteiger partial charge in [0.2, 0.25) is 0 Å². The second-order valence-electron chi connectivity index (χ2n) is 5.51. The lowest BCUT2D eigenvalue weighted by Crippen LogP contribution is -2.43.